The fraction of sp³-hybridized carbons (Fsp3) is 0.0714. The van der Waals surface area contributed by atoms with Crippen molar-refractivity contribution in [3.05, 3.63) is 47.7 Å². The topological polar surface area (TPSA) is 63.0 Å². The third-order valence-electron chi connectivity index (χ3n) is 2.45. The van der Waals surface area contributed by atoms with E-state index in [1.165, 1.54) is 13.2 Å². The van der Waals surface area contributed by atoms with Crippen LogP contribution in [0.3, 0.4) is 0 Å². The van der Waals surface area contributed by atoms with Gasteiger partial charge in [0, 0.05) is 11.6 Å². The van der Waals surface area contributed by atoms with Crippen molar-refractivity contribution >= 4 is 22.9 Å². The second kappa shape index (κ2) is 5.11. The second-order valence-electron chi connectivity index (χ2n) is 3.62. The van der Waals surface area contributed by atoms with Crippen LogP contribution in [0.25, 0.3) is 17.0 Å². The molecular formula is C14H10N2O2. The number of nitriles is 1. The van der Waals surface area contributed by atoms with Gasteiger partial charge in [0.1, 0.15) is 11.6 Å². The number of ether oxygens (including phenoxy) is 1. The number of nitrogens with zero attached hydrogens (tertiary/aromatic N) is 2. The first-order valence-electron chi connectivity index (χ1n) is 5.29. The molecule has 4 nitrogen and oxygen atoms in total. The molecule has 1 aromatic heterocycles. The Hall–Kier alpha value is -2.67. The Balaban J connectivity index is 2.46. The highest BCUT2D eigenvalue weighted by molar-refractivity contribution is 5.98. The van der Waals surface area contributed by atoms with Crippen LogP contribution in [0.15, 0.2) is 42.1 Å². The molecule has 0 radical (unpaired) electrons. The summed E-state index contributed by atoms with van der Waals surface area (Å²) in [6, 6.07) is 11.3. The van der Waals surface area contributed by atoms with Gasteiger partial charge in [0.05, 0.1) is 12.6 Å². The molecule has 18 heavy (non-hydrogen) atoms. The maximum Gasteiger partial charge on any atom is 0.348 e. The molecule has 0 aliphatic rings. The van der Waals surface area contributed by atoms with Gasteiger partial charge in [-0.1, -0.05) is 18.2 Å². The largest absolute Gasteiger partial charge is 0.465 e. The molecule has 4 heteroatoms. The number of benzene rings is 1. The molecular weight excluding hydrogens is 228 g/mol. The fourth-order valence-electron chi connectivity index (χ4n) is 1.58. The van der Waals surface area contributed by atoms with Crippen LogP contribution < -0.4 is 0 Å². The van der Waals surface area contributed by atoms with Crippen LogP contribution in [0.5, 0.6) is 0 Å². The van der Waals surface area contributed by atoms with E-state index in [9.17, 15) is 4.79 Å². The maximum absolute atomic E-state index is 11.3. The van der Waals surface area contributed by atoms with E-state index in [4.69, 9.17) is 5.26 Å². The van der Waals surface area contributed by atoms with E-state index in [0.29, 0.717) is 5.56 Å². The van der Waals surface area contributed by atoms with E-state index in [-0.39, 0.29) is 5.57 Å². The molecule has 0 atom stereocenters. The molecule has 0 bridgehead atoms. The minimum absolute atomic E-state index is 0.0467. The summed E-state index contributed by atoms with van der Waals surface area (Å²) in [5.41, 5.74) is 1.51. The van der Waals surface area contributed by atoms with Crippen LogP contribution in [0.1, 0.15) is 5.56 Å². The number of fused-ring (bicyclic) bond motifs is 1. The van der Waals surface area contributed by atoms with E-state index in [1.54, 1.807) is 6.20 Å². The average Bonchev–Trinajstić information content (AvgIpc) is 2.43. The van der Waals surface area contributed by atoms with Gasteiger partial charge in [-0.3, -0.25) is 4.98 Å². The monoisotopic (exact) mass is 238 g/mol. The summed E-state index contributed by atoms with van der Waals surface area (Å²) < 4.78 is 4.51. The summed E-state index contributed by atoms with van der Waals surface area (Å²) in [5.74, 6) is -0.648. The number of hydrogen-bond acceptors (Lipinski definition) is 4. The predicted molar refractivity (Wildman–Crippen MR) is 67.3 cm³/mol. The highest BCUT2D eigenvalue weighted by Crippen LogP contribution is 2.15. The number of rotatable bonds is 2. The first-order chi connectivity index (χ1) is 8.74. The van der Waals surface area contributed by atoms with E-state index in [1.807, 2.05) is 36.4 Å². The Bertz CT molecular complexity index is 669. The van der Waals surface area contributed by atoms with Crippen LogP contribution in [0.4, 0.5) is 0 Å². The van der Waals surface area contributed by atoms with E-state index < -0.39 is 5.97 Å². The number of pyridine rings is 1. The molecule has 88 valence electrons. The fourth-order valence-corrected chi connectivity index (χ4v) is 1.58. The van der Waals surface area contributed by atoms with Crippen molar-refractivity contribution in [2.75, 3.05) is 7.11 Å². The van der Waals surface area contributed by atoms with Crippen LogP contribution in [0.2, 0.25) is 0 Å². The molecule has 2 rings (SSSR count). The quantitative estimate of drug-likeness (QED) is 0.457. The lowest BCUT2D eigenvalue weighted by atomic mass is 10.1. The Morgan fingerprint density at radius 2 is 2.22 bits per heavy atom. The van der Waals surface area contributed by atoms with Crippen molar-refractivity contribution in [3.63, 3.8) is 0 Å². The third kappa shape index (κ3) is 2.36. The van der Waals surface area contributed by atoms with E-state index >= 15 is 0 Å². The van der Waals surface area contributed by atoms with Gasteiger partial charge in [0.15, 0.2) is 0 Å². The van der Waals surface area contributed by atoms with Crippen molar-refractivity contribution in [2.24, 2.45) is 0 Å². The molecule has 0 aliphatic carbocycles. The summed E-state index contributed by atoms with van der Waals surface area (Å²) in [5, 5.41) is 9.81. The Kier molecular flexibility index (Phi) is 3.35. The number of para-hydroxylation sites is 1. The van der Waals surface area contributed by atoms with Crippen molar-refractivity contribution < 1.29 is 9.53 Å². The summed E-state index contributed by atoms with van der Waals surface area (Å²) in [6.07, 6.45) is 3.08. The summed E-state index contributed by atoms with van der Waals surface area (Å²) in [7, 11) is 1.24. The first kappa shape index (κ1) is 11.8. The van der Waals surface area contributed by atoms with Gasteiger partial charge in [-0.25, -0.2) is 4.79 Å². The standard InChI is InChI=1S/C14H10N2O2/c1-18-14(17)12(8-15)7-10-6-11-4-2-3-5-13(11)16-9-10/h2-7,9H,1H3/b12-7+. The number of carbonyl (C=O) groups is 1. The molecule has 1 aromatic carbocycles. The molecule has 0 fully saturated rings. The average molecular weight is 238 g/mol. The van der Waals surface area contributed by atoms with Crippen molar-refractivity contribution in [1.29, 1.82) is 5.26 Å². The zero-order chi connectivity index (χ0) is 13.0. The zero-order valence-corrected chi connectivity index (χ0v) is 9.75. The highest BCUT2D eigenvalue weighted by Gasteiger charge is 2.08. The minimum atomic E-state index is -0.648. The molecule has 0 aliphatic heterocycles. The molecule has 0 saturated heterocycles. The minimum Gasteiger partial charge on any atom is -0.465 e. The first-order valence-corrected chi connectivity index (χ1v) is 5.29. The second-order valence-corrected chi connectivity index (χ2v) is 3.62. The van der Waals surface area contributed by atoms with Gasteiger partial charge in [-0.2, -0.15) is 5.26 Å². The van der Waals surface area contributed by atoms with Crippen molar-refractivity contribution in [2.45, 2.75) is 0 Å². The molecule has 2 aromatic rings. The smallest absolute Gasteiger partial charge is 0.348 e. The van der Waals surface area contributed by atoms with Crippen LogP contribution in [-0.4, -0.2) is 18.1 Å². The zero-order valence-electron chi connectivity index (χ0n) is 9.75. The van der Waals surface area contributed by atoms with E-state index in [0.717, 1.165) is 10.9 Å². The summed E-state index contributed by atoms with van der Waals surface area (Å²) in [6.45, 7) is 0. The predicted octanol–water partition coefficient (Wildman–Crippen LogP) is 2.31. The van der Waals surface area contributed by atoms with Gasteiger partial charge >= 0.3 is 5.97 Å². The number of hydrogen-bond donors (Lipinski definition) is 0. The lowest BCUT2D eigenvalue weighted by Crippen LogP contribution is -2.02. The van der Waals surface area contributed by atoms with Crippen LogP contribution >= 0.6 is 0 Å². The van der Waals surface area contributed by atoms with E-state index in [2.05, 4.69) is 9.72 Å². The molecule has 0 unspecified atom stereocenters. The number of carbonyl (C=O) groups excluding carboxylic acids is 1. The number of esters is 1. The normalized spacial score (nSPS) is 11.0. The molecule has 0 saturated carbocycles. The Labute approximate surface area is 104 Å². The summed E-state index contributed by atoms with van der Waals surface area (Å²) in [4.78, 5) is 15.5. The van der Waals surface area contributed by atoms with Gasteiger partial charge in [-0.15, -0.1) is 0 Å². The van der Waals surface area contributed by atoms with Crippen LogP contribution in [-0.2, 0) is 9.53 Å². The molecule has 1 heterocycles. The van der Waals surface area contributed by atoms with Gasteiger partial charge in [-0.05, 0) is 23.8 Å². The SMILES string of the molecule is COC(=O)/C(C#N)=C/c1cnc2ccccc2c1. The maximum atomic E-state index is 11.3. The Morgan fingerprint density at radius 3 is 2.94 bits per heavy atom. The third-order valence-corrected chi connectivity index (χ3v) is 2.45. The molecule has 0 N–H and O–H groups in total. The van der Waals surface area contributed by atoms with Crippen molar-refractivity contribution in [3.8, 4) is 6.07 Å². The van der Waals surface area contributed by atoms with Gasteiger partial charge in [0.25, 0.3) is 0 Å². The Morgan fingerprint density at radius 1 is 1.44 bits per heavy atom. The molecule has 0 amide bonds. The number of aromatic nitrogens is 1. The summed E-state index contributed by atoms with van der Waals surface area (Å²) >= 11 is 0. The van der Waals surface area contributed by atoms with Gasteiger partial charge < -0.3 is 4.74 Å². The number of methoxy groups -OCH3 is 1. The molecule has 0 spiro atoms. The lowest BCUT2D eigenvalue weighted by Gasteiger charge is -1.99. The highest BCUT2D eigenvalue weighted by atomic mass is 16.5. The lowest BCUT2D eigenvalue weighted by molar-refractivity contribution is -0.135. The van der Waals surface area contributed by atoms with Crippen molar-refractivity contribution in [1.82, 2.24) is 4.98 Å². The van der Waals surface area contributed by atoms with Gasteiger partial charge in [0.2, 0.25) is 0 Å². The van der Waals surface area contributed by atoms with Crippen LogP contribution in [0, 0.1) is 11.3 Å².